The molecule has 1 aromatic heterocycles. The number of aromatic nitrogens is 1. The van der Waals surface area contributed by atoms with E-state index in [9.17, 15) is 4.79 Å². The van der Waals surface area contributed by atoms with E-state index >= 15 is 0 Å². The summed E-state index contributed by atoms with van der Waals surface area (Å²) in [5.41, 5.74) is 2.07. The number of para-hydroxylation sites is 2. The Morgan fingerprint density at radius 3 is 2.07 bits per heavy atom. The van der Waals surface area contributed by atoms with Crippen LogP contribution in [-0.2, 0) is 4.74 Å². The third-order valence-electron chi connectivity index (χ3n) is 3.89. The molecular formula is C22H21NO4. The molecule has 0 aliphatic rings. The van der Waals surface area contributed by atoms with E-state index in [4.69, 9.17) is 14.2 Å². The lowest BCUT2D eigenvalue weighted by Gasteiger charge is -2.13. The Kier molecular flexibility index (Phi) is 5.71. The first kappa shape index (κ1) is 18.5. The van der Waals surface area contributed by atoms with Crippen molar-refractivity contribution < 1.29 is 19.0 Å². The van der Waals surface area contributed by atoms with Gasteiger partial charge in [-0.3, -0.25) is 0 Å². The maximum atomic E-state index is 12.2. The number of pyridine rings is 1. The second kappa shape index (κ2) is 8.36. The maximum Gasteiger partial charge on any atom is 0.357 e. The Bertz CT molecular complexity index is 887. The van der Waals surface area contributed by atoms with E-state index in [1.807, 2.05) is 62.4 Å². The Morgan fingerprint density at radius 1 is 0.889 bits per heavy atom. The average molecular weight is 363 g/mol. The van der Waals surface area contributed by atoms with Gasteiger partial charge in [0, 0.05) is 12.1 Å². The average Bonchev–Trinajstić information content (AvgIpc) is 2.65. The molecular weight excluding hydrogens is 342 g/mol. The zero-order valence-corrected chi connectivity index (χ0v) is 15.6. The normalized spacial score (nSPS) is 10.3. The highest BCUT2D eigenvalue weighted by molar-refractivity contribution is 5.88. The zero-order chi connectivity index (χ0) is 19.2. The van der Waals surface area contributed by atoms with Gasteiger partial charge >= 0.3 is 5.97 Å². The highest BCUT2D eigenvalue weighted by Gasteiger charge is 2.15. The first-order chi connectivity index (χ1) is 13.1. The minimum absolute atomic E-state index is 0.131. The van der Waals surface area contributed by atoms with Crippen LogP contribution in [-0.4, -0.2) is 17.6 Å². The molecule has 0 bridgehead atoms. The summed E-state index contributed by atoms with van der Waals surface area (Å²) in [6, 6.07) is 18.4. The van der Waals surface area contributed by atoms with Crippen LogP contribution in [0.5, 0.6) is 23.1 Å². The molecule has 0 amide bonds. The molecule has 3 rings (SSSR count). The number of hydrogen-bond donors (Lipinski definition) is 0. The van der Waals surface area contributed by atoms with Gasteiger partial charge in [-0.1, -0.05) is 36.4 Å². The Labute approximate surface area is 158 Å². The number of carbonyl (C=O) groups excluding carboxylic acids is 1. The topological polar surface area (TPSA) is 57.7 Å². The zero-order valence-electron chi connectivity index (χ0n) is 15.6. The maximum absolute atomic E-state index is 12.2. The Hall–Kier alpha value is -3.34. The van der Waals surface area contributed by atoms with Crippen molar-refractivity contribution in [3.05, 3.63) is 77.5 Å². The van der Waals surface area contributed by atoms with Gasteiger partial charge in [-0.2, -0.15) is 0 Å². The van der Waals surface area contributed by atoms with Gasteiger partial charge in [-0.05, 0) is 44.0 Å². The lowest BCUT2D eigenvalue weighted by Crippen LogP contribution is -2.08. The van der Waals surface area contributed by atoms with E-state index in [0.29, 0.717) is 17.2 Å². The molecule has 0 aliphatic carbocycles. The number of esters is 1. The molecule has 1 heterocycles. The molecule has 0 unspecified atom stereocenters. The molecule has 0 saturated heterocycles. The number of aryl methyl sites for hydroxylation is 2. The van der Waals surface area contributed by atoms with Crippen molar-refractivity contribution in [2.24, 2.45) is 0 Å². The van der Waals surface area contributed by atoms with Gasteiger partial charge in [0.1, 0.15) is 17.2 Å². The number of carbonyl (C=O) groups is 1. The highest BCUT2D eigenvalue weighted by Crippen LogP contribution is 2.30. The van der Waals surface area contributed by atoms with Crippen LogP contribution < -0.4 is 9.47 Å². The van der Waals surface area contributed by atoms with Crippen molar-refractivity contribution in [2.75, 3.05) is 6.61 Å². The van der Waals surface area contributed by atoms with Crippen LogP contribution in [0.15, 0.2) is 60.7 Å². The number of ether oxygens (including phenoxy) is 3. The van der Waals surface area contributed by atoms with E-state index in [-0.39, 0.29) is 18.2 Å². The Morgan fingerprint density at radius 2 is 1.48 bits per heavy atom. The van der Waals surface area contributed by atoms with Crippen molar-refractivity contribution in [2.45, 2.75) is 20.8 Å². The molecule has 3 aromatic rings. The summed E-state index contributed by atoms with van der Waals surface area (Å²) in [7, 11) is 0. The van der Waals surface area contributed by atoms with Crippen molar-refractivity contribution in [3.8, 4) is 23.1 Å². The molecule has 0 N–H and O–H groups in total. The largest absolute Gasteiger partial charge is 0.461 e. The van der Waals surface area contributed by atoms with Gasteiger partial charge in [-0.25, -0.2) is 9.78 Å². The fourth-order valence-corrected chi connectivity index (χ4v) is 2.48. The molecule has 5 nitrogen and oxygen atoms in total. The van der Waals surface area contributed by atoms with Crippen molar-refractivity contribution >= 4 is 5.97 Å². The SMILES string of the molecule is CCOC(=O)c1cc(Oc2ccccc2C)cc(Oc2ccccc2C)n1. The standard InChI is InChI=1S/C22H21NO4/c1-4-25-22(24)18-13-17(26-19-11-7-5-9-15(19)2)14-21(23-18)27-20-12-8-6-10-16(20)3/h5-14H,4H2,1-3H3. The number of rotatable bonds is 6. The molecule has 0 atom stereocenters. The first-order valence-corrected chi connectivity index (χ1v) is 8.73. The van der Waals surface area contributed by atoms with Crippen LogP contribution in [0.4, 0.5) is 0 Å². The summed E-state index contributed by atoms with van der Waals surface area (Å²) in [5, 5.41) is 0. The summed E-state index contributed by atoms with van der Waals surface area (Å²) < 4.78 is 16.9. The fourth-order valence-electron chi connectivity index (χ4n) is 2.48. The van der Waals surface area contributed by atoms with Crippen LogP contribution in [0.25, 0.3) is 0 Å². The van der Waals surface area contributed by atoms with E-state index in [0.717, 1.165) is 11.1 Å². The summed E-state index contributed by atoms with van der Waals surface area (Å²) in [6.45, 7) is 5.90. The van der Waals surface area contributed by atoms with E-state index in [1.165, 1.54) is 0 Å². The summed E-state index contributed by atoms with van der Waals surface area (Å²) in [4.78, 5) is 16.5. The van der Waals surface area contributed by atoms with Gasteiger partial charge in [0.15, 0.2) is 5.69 Å². The van der Waals surface area contributed by atoms with Crippen LogP contribution in [0, 0.1) is 13.8 Å². The predicted molar refractivity (Wildman–Crippen MR) is 103 cm³/mol. The molecule has 138 valence electrons. The van der Waals surface area contributed by atoms with Gasteiger partial charge in [-0.15, -0.1) is 0 Å². The lowest BCUT2D eigenvalue weighted by molar-refractivity contribution is 0.0518. The number of nitrogens with zero attached hydrogens (tertiary/aromatic N) is 1. The van der Waals surface area contributed by atoms with Crippen LogP contribution >= 0.6 is 0 Å². The van der Waals surface area contributed by atoms with Gasteiger partial charge in [0.2, 0.25) is 5.88 Å². The second-order valence-electron chi connectivity index (χ2n) is 5.98. The number of hydrogen-bond acceptors (Lipinski definition) is 5. The molecule has 0 aliphatic heterocycles. The smallest absolute Gasteiger partial charge is 0.357 e. The summed E-state index contributed by atoms with van der Waals surface area (Å²) in [5.74, 6) is 1.54. The van der Waals surface area contributed by atoms with Gasteiger partial charge in [0.05, 0.1) is 6.61 Å². The molecule has 0 fully saturated rings. The van der Waals surface area contributed by atoms with Crippen molar-refractivity contribution in [3.63, 3.8) is 0 Å². The molecule has 0 radical (unpaired) electrons. The molecule has 0 saturated carbocycles. The van der Waals surface area contributed by atoms with Crippen LogP contribution in [0.3, 0.4) is 0 Å². The van der Waals surface area contributed by atoms with E-state index in [1.54, 1.807) is 19.1 Å². The summed E-state index contributed by atoms with van der Waals surface area (Å²) in [6.07, 6.45) is 0. The number of benzene rings is 2. The third kappa shape index (κ3) is 4.64. The van der Waals surface area contributed by atoms with Gasteiger partial charge in [0.25, 0.3) is 0 Å². The van der Waals surface area contributed by atoms with E-state index < -0.39 is 5.97 Å². The third-order valence-corrected chi connectivity index (χ3v) is 3.89. The fraction of sp³-hybridized carbons (Fsp3) is 0.182. The Balaban J connectivity index is 1.97. The summed E-state index contributed by atoms with van der Waals surface area (Å²) >= 11 is 0. The van der Waals surface area contributed by atoms with Crippen LogP contribution in [0.1, 0.15) is 28.5 Å². The lowest BCUT2D eigenvalue weighted by atomic mass is 10.2. The minimum atomic E-state index is -0.526. The van der Waals surface area contributed by atoms with Crippen molar-refractivity contribution in [1.82, 2.24) is 4.98 Å². The second-order valence-corrected chi connectivity index (χ2v) is 5.98. The first-order valence-electron chi connectivity index (χ1n) is 8.73. The quantitative estimate of drug-likeness (QED) is 0.544. The minimum Gasteiger partial charge on any atom is -0.461 e. The predicted octanol–water partition coefficient (Wildman–Crippen LogP) is 5.46. The van der Waals surface area contributed by atoms with E-state index in [2.05, 4.69) is 4.98 Å². The van der Waals surface area contributed by atoms with Crippen molar-refractivity contribution in [1.29, 1.82) is 0 Å². The molecule has 5 heteroatoms. The van der Waals surface area contributed by atoms with Crippen LogP contribution in [0.2, 0.25) is 0 Å². The molecule has 0 spiro atoms. The monoisotopic (exact) mass is 363 g/mol. The van der Waals surface area contributed by atoms with Gasteiger partial charge < -0.3 is 14.2 Å². The molecule has 27 heavy (non-hydrogen) atoms. The highest BCUT2D eigenvalue weighted by atomic mass is 16.5. The molecule has 2 aromatic carbocycles.